The second-order valence-corrected chi connectivity index (χ2v) is 5.73. The van der Waals surface area contributed by atoms with E-state index in [0.29, 0.717) is 0 Å². The van der Waals surface area contributed by atoms with E-state index in [4.69, 9.17) is 5.73 Å². The third-order valence-electron chi connectivity index (χ3n) is 3.21. The van der Waals surface area contributed by atoms with Crippen molar-refractivity contribution in [3.63, 3.8) is 0 Å². The van der Waals surface area contributed by atoms with Crippen LogP contribution in [0.4, 0.5) is 13.2 Å². The normalized spacial score (nSPS) is 16.8. The molecule has 1 aromatic heterocycles. The molecule has 2 unspecified atom stereocenters. The van der Waals surface area contributed by atoms with Gasteiger partial charge in [-0.25, -0.2) is 0 Å². The molecule has 0 aliphatic carbocycles. The zero-order valence-corrected chi connectivity index (χ0v) is 12.5. The standard InChI is InChI=1S/C13H21F3N4O/c1-8(2)18-12(4,11(17)21)7-9(3)20-6-5-10(19-20)13(14,15)16/h5-6,8-9,18H,7H2,1-4H3,(H2,17,21). The lowest BCUT2D eigenvalue weighted by atomic mass is 9.92. The number of amides is 1. The van der Waals surface area contributed by atoms with Gasteiger partial charge in [0, 0.05) is 12.2 Å². The minimum absolute atomic E-state index is 0.0121. The molecule has 0 aliphatic heterocycles. The first kappa shape index (κ1) is 17.5. The molecule has 0 fully saturated rings. The van der Waals surface area contributed by atoms with Gasteiger partial charge < -0.3 is 11.1 Å². The van der Waals surface area contributed by atoms with E-state index < -0.39 is 29.4 Å². The molecule has 3 N–H and O–H groups in total. The van der Waals surface area contributed by atoms with E-state index in [1.807, 2.05) is 13.8 Å². The summed E-state index contributed by atoms with van der Waals surface area (Å²) >= 11 is 0. The fraction of sp³-hybridized carbons (Fsp3) is 0.692. The lowest BCUT2D eigenvalue weighted by Gasteiger charge is -2.32. The first-order valence-corrected chi connectivity index (χ1v) is 6.65. The molecule has 0 radical (unpaired) electrons. The van der Waals surface area contributed by atoms with E-state index in [0.717, 1.165) is 6.07 Å². The van der Waals surface area contributed by atoms with Crippen LogP contribution in [-0.4, -0.2) is 27.3 Å². The van der Waals surface area contributed by atoms with E-state index in [1.165, 1.54) is 10.9 Å². The summed E-state index contributed by atoms with van der Waals surface area (Å²) in [5.74, 6) is -0.550. The number of nitrogens with two attached hydrogens (primary N) is 1. The molecule has 1 aromatic rings. The Morgan fingerprint density at radius 1 is 1.43 bits per heavy atom. The van der Waals surface area contributed by atoms with Gasteiger partial charge in [0.05, 0.1) is 11.6 Å². The number of primary amides is 1. The molecular weight excluding hydrogens is 285 g/mol. The minimum Gasteiger partial charge on any atom is -0.368 e. The van der Waals surface area contributed by atoms with Crippen LogP contribution >= 0.6 is 0 Å². The van der Waals surface area contributed by atoms with Gasteiger partial charge in [0.15, 0.2) is 5.69 Å². The van der Waals surface area contributed by atoms with Gasteiger partial charge in [0.25, 0.3) is 0 Å². The van der Waals surface area contributed by atoms with E-state index in [2.05, 4.69) is 10.4 Å². The van der Waals surface area contributed by atoms with Gasteiger partial charge in [-0.3, -0.25) is 9.48 Å². The number of hydrogen-bond donors (Lipinski definition) is 2. The third-order valence-corrected chi connectivity index (χ3v) is 3.21. The molecule has 1 amide bonds. The molecule has 0 spiro atoms. The Morgan fingerprint density at radius 3 is 2.38 bits per heavy atom. The van der Waals surface area contributed by atoms with Crippen molar-refractivity contribution in [1.82, 2.24) is 15.1 Å². The van der Waals surface area contributed by atoms with Gasteiger partial charge in [-0.1, -0.05) is 0 Å². The van der Waals surface area contributed by atoms with Gasteiger partial charge in [-0.05, 0) is 40.2 Å². The Hall–Kier alpha value is -1.57. The summed E-state index contributed by atoms with van der Waals surface area (Å²) in [5.41, 5.74) is 3.44. The summed E-state index contributed by atoms with van der Waals surface area (Å²) in [4.78, 5) is 11.6. The van der Waals surface area contributed by atoms with Gasteiger partial charge in [-0.2, -0.15) is 18.3 Å². The number of nitrogens with zero attached hydrogens (tertiary/aromatic N) is 2. The smallest absolute Gasteiger partial charge is 0.368 e. The predicted octanol–water partition coefficient (Wildman–Crippen LogP) is 2.09. The first-order valence-electron chi connectivity index (χ1n) is 6.65. The average molecular weight is 306 g/mol. The van der Waals surface area contributed by atoms with Crippen molar-refractivity contribution in [2.24, 2.45) is 5.73 Å². The second-order valence-electron chi connectivity index (χ2n) is 5.73. The van der Waals surface area contributed by atoms with Gasteiger partial charge in [0.2, 0.25) is 5.91 Å². The van der Waals surface area contributed by atoms with Crippen LogP contribution in [0.3, 0.4) is 0 Å². The van der Waals surface area contributed by atoms with Crippen molar-refractivity contribution in [3.05, 3.63) is 18.0 Å². The van der Waals surface area contributed by atoms with E-state index in [-0.39, 0.29) is 12.5 Å². The predicted molar refractivity (Wildman–Crippen MR) is 72.4 cm³/mol. The maximum absolute atomic E-state index is 12.5. The molecule has 120 valence electrons. The number of carbonyl (C=O) groups excluding carboxylic acids is 1. The van der Waals surface area contributed by atoms with Gasteiger partial charge >= 0.3 is 6.18 Å². The summed E-state index contributed by atoms with van der Waals surface area (Å²) in [6.07, 6.45) is -2.99. The Balaban J connectivity index is 2.90. The van der Waals surface area contributed by atoms with E-state index in [9.17, 15) is 18.0 Å². The lowest BCUT2D eigenvalue weighted by Crippen LogP contribution is -2.56. The van der Waals surface area contributed by atoms with Crippen LogP contribution in [0.25, 0.3) is 0 Å². The van der Waals surface area contributed by atoms with Gasteiger partial charge in [0.1, 0.15) is 0 Å². The Bertz CT molecular complexity index is 498. The zero-order valence-electron chi connectivity index (χ0n) is 12.5. The van der Waals surface area contributed by atoms with Crippen LogP contribution in [0.5, 0.6) is 0 Å². The van der Waals surface area contributed by atoms with Crippen LogP contribution < -0.4 is 11.1 Å². The highest BCUT2D eigenvalue weighted by molar-refractivity contribution is 5.84. The highest BCUT2D eigenvalue weighted by Gasteiger charge is 2.36. The summed E-state index contributed by atoms with van der Waals surface area (Å²) < 4.78 is 38.8. The molecule has 0 aliphatic rings. The summed E-state index contributed by atoms with van der Waals surface area (Å²) in [7, 11) is 0. The SMILES string of the molecule is CC(C)NC(C)(CC(C)n1ccc(C(F)(F)F)n1)C(N)=O. The molecule has 0 saturated heterocycles. The van der Waals surface area contributed by atoms with E-state index in [1.54, 1.807) is 13.8 Å². The van der Waals surface area contributed by atoms with Crippen molar-refractivity contribution in [2.45, 2.75) is 57.9 Å². The topological polar surface area (TPSA) is 72.9 Å². The van der Waals surface area contributed by atoms with Crippen LogP contribution in [-0.2, 0) is 11.0 Å². The molecule has 1 rings (SSSR count). The van der Waals surface area contributed by atoms with Crippen molar-refractivity contribution in [3.8, 4) is 0 Å². The molecule has 5 nitrogen and oxygen atoms in total. The van der Waals surface area contributed by atoms with Crippen LogP contribution in [0, 0.1) is 0 Å². The highest BCUT2D eigenvalue weighted by atomic mass is 19.4. The summed E-state index contributed by atoms with van der Waals surface area (Å²) in [6, 6.07) is 0.511. The molecule has 0 saturated carbocycles. The molecule has 8 heteroatoms. The Morgan fingerprint density at radius 2 is 2.00 bits per heavy atom. The fourth-order valence-electron chi connectivity index (χ4n) is 2.29. The zero-order chi connectivity index (χ0) is 16.4. The van der Waals surface area contributed by atoms with Crippen molar-refractivity contribution >= 4 is 5.91 Å². The number of halogens is 3. The van der Waals surface area contributed by atoms with Crippen LogP contribution in [0.2, 0.25) is 0 Å². The third kappa shape index (κ3) is 4.45. The molecule has 1 heterocycles. The van der Waals surface area contributed by atoms with Crippen molar-refractivity contribution < 1.29 is 18.0 Å². The molecule has 2 atom stereocenters. The molecular formula is C13H21F3N4O. The monoisotopic (exact) mass is 306 g/mol. The fourth-order valence-corrected chi connectivity index (χ4v) is 2.29. The maximum atomic E-state index is 12.5. The quantitative estimate of drug-likeness (QED) is 0.845. The van der Waals surface area contributed by atoms with Crippen LogP contribution in [0.1, 0.15) is 45.9 Å². The second kappa shape index (κ2) is 6.05. The van der Waals surface area contributed by atoms with Crippen molar-refractivity contribution in [2.75, 3.05) is 0 Å². The first-order chi connectivity index (χ1) is 9.45. The lowest BCUT2D eigenvalue weighted by molar-refractivity contribution is -0.141. The van der Waals surface area contributed by atoms with E-state index >= 15 is 0 Å². The molecule has 21 heavy (non-hydrogen) atoms. The summed E-state index contributed by atoms with van der Waals surface area (Å²) in [6.45, 7) is 7.05. The average Bonchev–Trinajstić information content (AvgIpc) is 2.75. The largest absolute Gasteiger partial charge is 0.435 e. The number of aromatic nitrogens is 2. The molecule has 0 aromatic carbocycles. The maximum Gasteiger partial charge on any atom is 0.435 e. The highest BCUT2D eigenvalue weighted by Crippen LogP contribution is 2.29. The number of rotatable bonds is 6. The Labute approximate surface area is 121 Å². The van der Waals surface area contributed by atoms with Crippen molar-refractivity contribution in [1.29, 1.82) is 0 Å². The summed E-state index contributed by atoms with van der Waals surface area (Å²) in [5, 5.41) is 6.57. The van der Waals surface area contributed by atoms with Crippen LogP contribution in [0.15, 0.2) is 12.3 Å². The Kier molecular flexibility index (Phi) is 5.03. The van der Waals surface area contributed by atoms with Gasteiger partial charge in [-0.15, -0.1) is 0 Å². The number of nitrogens with one attached hydrogen (secondary N) is 1. The number of carbonyl (C=O) groups is 1. The number of hydrogen-bond acceptors (Lipinski definition) is 3. The molecule has 0 bridgehead atoms. The number of alkyl halides is 3. The minimum atomic E-state index is -4.48.